The summed E-state index contributed by atoms with van der Waals surface area (Å²) in [5.74, 6) is 0. The van der Waals surface area contributed by atoms with Crippen LogP contribution in [0, 0.1) is 10.1 Å². The molecule has 1 aliphatic rings. The zero-order valence-electron chi connectivity index (χ0n) is 13.5. The van der Waals surface area contributed by atoms with Crippen molar-refractivity contribution in [1.29, 1.82) is 0 Å². The lowest BCUT2D eigenvalue weighted by atomic mass is 10.2. The number of pyridine rings is 1. The van der Waals surface area contributed by atoms with E-state index in [9.17, 15) is 18.5 Å². The van der Waals surface area contributed by atoms with Crippen LogP contribution in [-0.2, 0) is 16.6 Å². The summed E-state index contributed by atoms with van der Waals surface area (Å²) in [6.45, 7) is 1.24. The molecule has 2 aromatic rings. The Bertz CT molecular complexity index is 865. The summed E-state index contributed by atoms with van der Waals surface area (Å²) in [5, 5.41) is 14.1. The first kappa shape index (κ1) is 17.3. The van der Waals surface area contributed by atoms with Crippen LogP contribution in [0.4, 0.5) is 11.4 Å². The van der Waals surface area contributed by atoms with Crippen molar-refractivity contribution in [1.82, 2.24) is 9.29 Å². The van der Waals surface area contributed by atoms with Gasteiger partial charge in [-0.05, 0) is 30.5 Å². The summed E-state index contributed by atoms with van der Waals surface area (Å²) in [6, 6.07) is 7.51. The molecule has 0 unspecified atom stereocenters. The Hall–Kier alpha value is -2.52. The van der Waals surface area contributed by atoms with E-state index < -0.39 is 14.9 Å². The molecule has 0 saturated carbocycles. The molecule has 2 heterocycles. The number of nitrogens with one attached hydrogen (secondary N) is 1. The van der Waals surface area contributed by atoms with Gasteiger partial charge in [0.2, 0.25) is 10.0 Å². The van der Waals surface area contributed by atoms with E-state index in [2.05, 4.69) is 10.3 Å². The Morgan fingerprint density at radius 3 is 2.64 bits per heavy atom. The maximum Gasteiger partial charge on any atom is 0.270 e. The van der Waals surface area contributed by atoms with Crippen LogP contribution in [-0.4, -0.2) is 35.7 Å². The summed E-state index contributed by atoms with van der Waals surface area (Å²) in [7, 11) is -3.78. The number of benzene rings is 1. The van der Waals surface area contributed by atoms with E-state index in [1.54, 1.807) is 18.5 Å². The van der Waals surface area contributed by atoms with Gasteiger partial charge in [-0.2, -0.15) is 4.31 Å². The summed E-state index contributed by atoms with van der Waals surface area (Å²) < 4.78 is 27.2. The third-order valence-electron chi connectivity index (χ3n) is 4.06. The van der Waals surface area contributed by atoms with Gasteiger partial charge in [-0.15, -0.1) is 0 Å². The maximum absolute atomic E-state index is 12.9. The number of aromatic nitrogens is 1. The molecule has 1 N–H and O–H groups in total. The molecule has 1 fully saturated rings. The number of nitro benzene ring substituents is 1. The van der Waals surface area contributed by atoms with Crippen molar-refractivity contribution in [2.24, 2.45) is 0 Å². The number of hydrogen-bond donors (Lipinski definition) is 1. The number of non-ortho nitro benzene ring substituents is 1. The largest absolute Gasteiger partial charge is 0.380 e. The minimum absolute atomic E-state index is 0.0625. The third-order valence-corrected chi connectivity index (χ3v) is 6.00. The van der Waals surface area contributed by atoms with Gasteiger partial charge >= 0.3 is 0 Å². The lowest BCUT2D eigenvalue weighted by molar-refractivity contribution is -0.385. The quantitative estimate of drug-likeness (QED) is 0.625. The predicted molar refractivity (Wildman–Crippen MR) is 92.7 cm³/mol. The molecule has 8 nitrogen and oxygen atoms in total. The molecule has 1 aromatic carbocycles. The first-order valence-electron chi connectivity index (χ1n) is 7.90. The van der Waals surface area contributed by atoms with Gasteiger partial charge in [0.25, 0.3) is 5.69 Å². The average molecular weight is 362 g/mol. The predicted octanol–water partition coefficient (Wildman–Crippen LogP) is 2.39. The summed E-state index contributed by atoms with van der Waals surface area (Å²) >= 11 is 0. The molecule has 0 atom stereocenters. The fraction of sp³-hybridized carbons (Fsp3) is 0.312. The monoisotopic (exact) mass is 362 g/mol. The van der Waals surface area contributed by atoms with E-state index in [1.165, 1.54) is 16.4 Å². The fourth-order valence-corrected chi connectivity index (χ4v) is 4.46. The second kappa shape index (κ2) is 7.16. The van der Waals surface area contributed by atoms with E-state index >= 15 is 0 Å². The van der Waals surface area contributed by atoms with E-state index in [0.29, 0.717) is 25.3 Å². The van der Waals surface area contributed by atoms with Crippen molar-refractivity contribution >= 4 is 21.4 Å². The molecule has 25 heavy (non-hydrogen) atoms. The van der Waals surface area contributed by atoms with Gasteiger partial charge in [-0.1, -0.05) is 6.07 Å². The molecule has 0 amide bonds. The lowest BCUT2D eigenvalue weighted by Crippen LogP contribution is -2.28. The first-order chi connectivity index (χ1) is 12.0. The molecular weight excluding hydrogens is 344 g/mol. The van der Waals surface area contributed by atoms with Crippen molar-refractivity contribution in [3.05, 3.63) is 58.4 Å². The molecule has 3 rings (SSSR count). The van der Waals surface area contributed by atoms with Crippen LogP contribution in [0.25, 0.3) is 0 Å². The van der Waals surface area contributed by atoms with Gasteiger partial charge in [0.05, 0.1) is 10.6 Å². The topological polar surface area (TPSA) is 105 Å². The highest BCUT2D eigenvalue weighted by atomic mass is 32.2. The molecule has 0 bridgehead atoms. The van der Waals surface area contributed by atoms with E-state index in [-0.39, 0.29) is 10.6 Å². The van der Waals surface area contributed by atoms with E-state index in [0.717, 1.165) is 24.5 Å². The molecule has 9 heteroatoms. The summed E-state index contributed by atoms with van der Waals surface area (Å²) in [6.07, 6.45) is 4.92. The average Bonchev–Trinajstić information content (AvgIpc) is 3.16. The number of nitrogens with zero attached hydrogens (tertiary/aromatic N) is 3. The first-order valence-corrected chi connectivity index (χ1v) is 9.34. The number of nitro groups is 1. The van der Waals surface area contributed by atoms with Crippen LogP contribution in [0.5, 0.6) is 0 Å². The number of rotatable bonds is 6. The smallest absolute Gasteiger partial charge is 0.270 e. The SMILES string of the molecule is O=[N+]([O-])c1ccc(NCc2cccnc2)c(S(=O)(=O)N2CCCC2)c1. The minimum Gasteiger partial charge on any atom is -0.380 e. The van der Waals surface area contributed by atoms with Crippen molar-refractivity contribution in [2.45, 2.75) is 24.3 Å². The van der Waals surface area contributed by atoms with Gasteiger partial charge < -0.3 is 5.32 Å². The second-order valence-corrected chi connectivity index (χ2v) is 7.67. The van der Waals surface area contributed by atoms with Gasteiger partial charge in [0, 0.05) is 44.2 Å². The fourth-order valence-electron chi connectivity index (χ4n) is 2.75. The zero-order chi connectivity index (χ0) is 17.9. The Morgan fingerprint density at radius 2 is 2.00 bits per heavy atom. The van der Waals surface area contributed by atoms with Gasteiger partial charge in [-0.25, -0.2) is 8.42 Å². The van der Waals surface area contributed by atoms with Crippen molar-refractivity contribution < 1.29 is 13.3 Å². The normalized spacial score (nSPS) is 15.2. The molecule has 0 radical (unpaired) electrons. The Morgan fingerprint density at radius 1 is 1.24 bits per heavy atom. The van der Waals surface area contributed by atoms with Crippen LogP contribution in [0.15, 0.2) is 47.6 Å². The third kappa shape index (κ3) is 3.77. The van der Waals surface area contributed by atoms with Crippen molar-refractivity contribution in [2.75, 3.05) is 18.4 Å². The van der Waals surface area contributed by atoms with Gasteiger partial charge in [0.1, 0.15) is 4.90 Å². The lowest BCUT2D eigenvalue weighted by Gasteiger charge is -2.18. The highest BCUT2D eigenvalue weighted by molar-refractivity contribution is 7.89. The van der Waals surface area contributed by atoms with Crippen LogP contribution in [0.1, 0.15) is 18.4 Å². The van der Waals surface area contributed by atoms with E-state index in [1.807, 2.05) is 6.07 Å². The van der Waals surface area contributed by atoms with Crippen LogP contribution >= 0.6 is 0 Å². The van der Waals surface area contributed by atoms with Gasteiger partial charge in [-0.3, -0.25) is 15.1 Å². The number of hydrogen-bond acceptors (Lipinski definition) is 6. The zero-order valence-corrected chi connectivity index (χ0v) is 14.3. The highest BCUT2D eigenvalue weighted by Gasteiger charge is 2.30. The molecule has 132 valence electrons. The summed E-state index contributed by atoms with van der Waals surface area (Å²) in [5.41, 5.74) is 0.983. The second-order valence-electron chi connectivity index (χ2n) is 5.76. The van der Waals surface area contributed by atoms with Crippen LogP contribution in [0.2, 0.25) is 0 Å². The minimum atomic E-state index is -3.78. The van der Waals surface area contributed by atoms with E-state index in [4.69, 9.17) is 0 Å². The Balaban J connectivity index is 1.95. The molecule has 1 aromatic heterocycles. The molecule has 0 spiro atoms. The molecule has 1 aliphatic heterocycles. The Labute approximate surface area is 145 Å². The molecule has 0 aliphatic carbocycles. The molecular formula is C16H18N4O4S. The van der Waals surface area contributed by atoms with Crippen LogP contribution in [0.3, 0.4) is 0 Å². The summed E-state index contributed by atoms with van der Waals surface area (Å²) in [4.78, 5) is 14.4. The van der Waals surface area contributed by atoms with Crippen molar-refractivity contribution in [3.63, 3.8) is 0 Å². The van der Waals surface area contributed by atoms with Gasteiger partial charge in [0.15, 0.2) is 0 Å². The molecule has 1 saturated heterocycles. The van der Waals surface area contributed by atoms with Crippen LogP contribution < -0.4 is 5.32 Å². The maximum atomic E-state index is 12.9. The highest BCUT2D eigenvalue weighted by Crippen LogP contribution is 2.31. The Kier molecular flexibility index (Phi) is 4.95. The standard InChI is InChI=1S/C16H18N4O4S/c21-20(22)14-5-6-15(18-12-13-4-3-7-17-11-13)16(10-14)25(23,24)19-8-1-2-9-19/h3-7,10-11,18H,1-2,8-9,12H2. The number of anilines is 1. The number of sulfonamides is 1. The van der Waals surface area contributed by atoms with Crippen molar-refractivity contribution in [3.8, 4) is 0 Å².